The molecule has 9 heteroatoms. The maximum atomic E-state index is 13.5. The fourth-order valence-electron chi connectivity index (χ4n) is 3.59. The van der Waals surface area contributed by atoms with E-state index >= 15 is 0 Å². The zero-order valence-corrected chi connectivity index (χ0v) is 20.7. The van der Waals surface area contributed by atoms with Gasteiger partial charge in [0, 0.05) is 42.7 Å². The molecule has 0 aliphatic carbocycles. The number of nitrogens with zero attached hydrogens (tertiary/aromatic N) is 3. The van der Waals surface area contributed by atoms with Gasteiger partial charge in [0.15, 0.2) is 5.13 Å². The van der Waals surface area contributed by atoms with E-state index in [-0.39, 0.29) is 18.3 Å². The number of morpholine rings is 1. The number of fused-ring (bicyclic) bond motifs is 1. The van der Waals surface area contributed by atoms with Gasteiger partial charge in [-0.2, -0.15) is 0 Å². The highest BCUT2D eigenvalue weighted by atomic mass is 35.5. The Hall–Kier alpha value is -1.84. The van der Waals surface area contributed by atoms with Crippen LogP contribution >= 0.6 is 35.5 Å². The molecule has 0 spiro atoms. The van der Waals surface area contributed by atoms with Crippen LogP contribution in [-0.2, 0) is 4.74 Å². The summed E-state index contributed by atoms with van der Waals surface area (Å²) in [5.41, 5.74) is 1.53. The Labute approximate surface area is 203 Å². The van der Waals surface area contributed by atoms with Crippen molar-refractivity contribution in [1.82, 2.24) is 9.88 Å². The first kappa shape index (κ1) is 24.8. The van der Waals surface area contributed by atoms with Crippen LogP contribution in [0.2, 0.25) is 0 Å². The van der Waals surface area contributed by atoms with E-state index in [1.165, 1.54) is 0 Å². The van der Waals surface area contributed by atoms with Crippen molar-refractivity contribution in [2.75, 3.05) is 57.7 Å². The number of thiazole rings is 1. The van der Waals surface area contributed by atoms with Crippen LogP contribution in [0.4, 0.5) is 5.13 Å². The summed E-state index contributed by atoms with van der Waals surface area (Å²) in [6.45, 7) is 5.03. The lowest BCUT2D eigenvalue weighted by atomic mass is 10.2. The highest BCUT2D eigenvalue weighted by molar-refractivity contribution is 7.98. The number of ether oxygens (including phenoxy) is 2. The van der Waals surface area contributed by atoms with Gasteiger partial charge in [0.1, 0.15) is 5.75 Å². The van der Waals surface area contributed by atoms with E-state index in [0.29, 0.717) is 12.1 Å². The quantitative estimate of drug-likeness (QED) is 0.419. The fourth-order valence-corrected chi connectivity index (χ4v) is 4.97. The van der Waals surface area contributed by atoms with Gasteiger partial charge in [-0.1, -0.05) is 11.3 Å². The van der Waals surface area contributed by atoms with Crippen LogP contribution in [0.15, 0.2) is 47.4 Å². The Morgan fingerprint density at radius 3 is 2.66 bits per heavy atom. The van der Waals surface area contributed by atoms with Gasteiger partial charge in [-0.25, -0.2) is 4.98 Å². The van der Waals surface area contributed by atoms with E-state index in [2.05, 4.69) is 4.90 Å². The van der Waals surface area contributed by atoms with Crippen molar-refractivity contribution in [2.45, 2.75) is 11.3 Å². The number of halogens is 1. The third-order valence-electron chi connectivity index (χ3n) is 5.36. The summed E-state index contributed by atoms with van der Waals surface area (Å²) in [5, 5.41) is 0.726. The van der Waals surface area contributed by atoms with Crippen molar-refractivity contribution in [3.63, 3.8) is 0 Å². The van der Waals surface area contributed by atoms with E-state index in [1.54, 1.807) is 30.2 Å². The highest BCUT2D eigenvalue weighted by Gasteiger charge is 2.22. The van der Waals surface area contributed by atoms with Crippen LogP contribution < -0.4 is 9.64 Å². The molecule has 4 rings (SSSR count). The number of anilines is 1. The molecule has 0 N–H and O–H groups in total. The molecule has 32 heavy (non-hydrogen) atoms. The van der Waals surface area contributed by atoms with Crippen LogP contribution in [0.3, 0.4) is 0 Å². The van der Waals surface area contributed by atoms with Gasteiger partial charge < -0.3 is 9.47 Å². The van der Waals surface area contributed by atoms with Crippen LogP contribution in [0.5, 0.6) is 5.75 Å². The number of benzene rings is 2. The molecule has 2 aromatic carbocycles. The predicted molar refractivity (Wildman–Crippen MR) is 135 cm³/mol. The first-order valence-electron chi connectivity index (χ1n) is 10.4. The van der Waals surface area contributed by atoms with Crippen molar-refractivity contribution in [1.29, 1.82) is 0 Å². The molecule has 1 aromatic heterocycles. The van der Waals surface area contributed by atoms with E-state index in [1.807, 2.05) is 53.6 Å². The Morgan fingerprint density at radius 1 is 1.22 bits per heavy atom. The molecular formula is C23H28ClN3O3S2. The van der Waals surface area contributed by atoms with Gasteiger partial charge >= 0.3 is 0 Å². The molecule has 0 radical (unpaired) electrons. The first-order chi connectivity index (χ1) is 15.2. The third-order valence-corrected chi connectivity index (χ3v) is 7.16. The number of carbonyl (C=O) groups is 1. The van der Waals surface area contributed by atoms with Gasteiger partial charge in [0.25, 0.3) is 5.91 Å². The Bertz CT molecular complexity index is 1020. The topological polar surface area (TPSA) is 54.9 Å². The Balaban J connectivity index is 0.00000289. The molecule has 0 saturated carbocycles. The minimum Gasteiger partial charge on any atom is -0.497 e. The summed E-state index contributed by atoms with van der Waals surface area (Å²) in [7, 11) is 1.65. The summed E-state index contributed by atoms with van der Waals surface area (Å²) in [6.07, 6.45) is 2.91. The third kappa shape index (κ3) is 5.94. The van der Waals surface area contributed by atoms with E-state index in [0.717, 1.165) is 65.3 Å². The summed E-state index contributed by atoms with van der Waals surface area (Å²) in [5.74, 6) is 0.753. The summed E-state index contributed by atoms with van der Waals surface area (Å²) >= 11 is 3.21. The molecule has 1 aliphatic rings. The smallest absolute Gasteiger partial charge is 0.260 e. The molecule has 172 valence electrons. The lowest BCUT2D eigenvalue weighted by Crippen LogP contribution is -2.39. The van der Waals surface area contributed by atoms with Crippen molar-refractivity contribution in [3.05, 3.63) is 48.0 Å². The molecule has 1 amide bonds. The second kappa shape index (κ2) is 11.9. The Kier molecular flexibility index (Phi) is 9.19. The van der Waals surface area contributed by atoms with E-state index in [9.17, 15) is 4.79 Å². The number of methoxy groups -OCH3 is 1. The minimum absolute atomic E-state index is 0. The molecule has 1 saturated heterocycles. The minimum atomic E-state index is -0.0133. The number of aromatic nitrogens is 1. The summed E-state index contributed by atoms with van der Waals surface area (Å²) < 4.78 is 11.8. The number of thioether (sulfide) groups is 1. The summed E-state index contributed by atoms with van der Waals surface area (Å²) in [4.78, 5) is 23.6. The van der Waals surface area contributed by atoms with Gasteiger partial charge in [0.2, 0.25) is 0 Å². The molecule has 1 fully saturated rings. The standard InChI is InChI=1S/C23H27N3O3S2.ClH/c1-28-18-6-9-21-20(16-18)24-23(31-21)26(11-3-10-25-12-14-29-15-13-25)22(27)17-4-7-19(30-2)8-5-17;/h4-9,16H,3,10-15H2,1-2H3;1H. The monoisotopic (exact) mass is 493 g/mol. The van der Waals surface area contributed by atoms with Gasteiger partial charge in [-0.05, 0) is 49.1 Å². The molecule has 6 nitrogen and oxygen atoms in total. The van der Waals surface area contributed by atoms with Crippen molar-refractivity contribution < 1.29 is 14.3 Å². The van der Waals surface area contributed by atoms with E-state index < -0.39 is 0 Å². The predicted octanol–water partition coefficient (Wildman–Crippen LogP) is 4.82. The van der Waals surface area contributed by atoms with Gasteiger partial charge in [-0.15, -0.1) is 24.2 Å². The number of amides is 1. The number of rotatable bonds is 8. The summed E-state index contributed by atoms with van der Waals surface area (Å²) in [6, 6.07) is 13.6. The lowest BCUT2D eigenvalue weighted by Gasteiger charge is -2.27. The maximum absolute atomic E-state index is 13.5. The lowest BCUT2D eigenvalue weighted by molar-refractivity contribution is 0.0376. The number of hydrogen-bond donors (Lipinski definition) is 0. The number of hydrogen-bond acceptors (Lipinski definition) is 7. The Morgan fingerprint density at radius 2 is 1.97 bits per heavy atom. The average Bonchev–Trinajstić information content (AvgIpc) is 3.25. The van der Waals surface area contributed by atoms with Crippen LogP contribution in [0, 0.1) is 0 Å². The SMILES string of the molecule is COc1ccc2sc(N(CCCN3CCOCC3)C(=O)c3ccc(SC)cc3)nc2c1.Cl. The molecule has 2 heterocycles. The first-order valence-corrected chi connectivity index (χ1v) is 12.4. The largest absolute Gasteiger partial charge is 0.497 e. The molecule has 0 atom stereocenters. The normalized spacial score (nSPS) is 14.2. The molecular weight excluding hydrogens is 466 g/mol. The average molecular weight is 494 g/mol. The highest BCUT2D eigenvalue weighted by Crippen LogP contribution is 2.32. The zero-order valence-electron chi connectivity index (χ0n) is 18.3. The molecule has 1 aliphatic heterocycles. The second-order valence-electron chi connectivity index (χ2n) is 7.32. The van der Waals surface area contributed by atoms with Gasteiger partial charge in [-0.3, -0.25) is 14.6 Å². The maximum Gasteiger partial charge on any atom is 0.260 e. The van der Waals surface area contributed by atoms with Gasteiger partial charge in [0.05, 0.1) is 30.5 Å². The zero-order chi connectivity index (χ0) is 21.6. The van der Waals surface area contributed by atoms with E-state index in [4.69, 9.17) is 14.5 Å². The second-order valence-corrected chi connectivity index (χ2v) is 9.21. The van der Waals surface area contributed by atoms with Crippen molar-refractivity contribution >= 4 is 56.8 Å². The molecule has 0 bridgehead atoms. The van der Waals surface area contributed by atoms with Crippen LogP contribution in [0.1, 0.15) is 16.8 Å². The van der Waals surface area contributed by atoms with Crippen LogP contribution in [0.25, 0.3) is 10.2 Å². The molecule has 3 aromatic rings. The van der Waals surface area contributed by atoms with Crippen LogP contribution in [-0.4, -0.2) is 68.5 Å². The van der Waals surface area contributed by atoms with Crippen molar-refractivity contribution in [2.24, 2.45) is 0 Å². The molecule has 0 unspecified atom stereocenters. The van der Waals surface area contributed by atoms with Crippen molar-refractivity contribution in [3.8, 4) is 5.75 Å². The fraction of sp³-hybridized carbons (Fsp3) is 0.391. The number of carbonyl (C=O) groups excluding carboxylic acids is 1.